The van der Waals surface area contributed by atoms with Crippen molar-refractivity contribution < 1.29 is 4.79 Å². The number of hydrogen-bond acceptors (Lipinski definition) is 1. The summed E-state index contributed by atoms with van der Waals surface area (Å²) in [7, 11) is 0. The van der Waals surface area contributed by atoms with Gasteiger partial charge in [-0.25, -0.2) is 0 Å². The van der Waals surface area contributed by atoms with Crippen molar-refractivity contribution in [2.75, 3.05) is 0 Å². The third kappa shape index (κ3) is 2.62. The lowest BCUT2D eigenvalue weighted by Gasteiger charge is -1.96. The summed E-state index contributed by atoms with van der Waals surface area (Å²) in [5.74, 6) is 0. The van der Waals surface area contributed by atoms with Gasteiger partial charge in [0.25, 0.3) is 0 Å². The predicted molar refractivity (Wildman–Crippen MR) is 43.9 cm³/mol. The summed E-state index contributed by atoms with van der Waals surface area (Å²) in [6, 6.07) is 0. The van der Waals surface area contributed by atoms with Crippen molar-refractivity contribution in [3.05, 3.63) is 23.3 Å². The molecule has 0 spiro atoms. The standard InChI is InChI=1S/C9H14O/c1-4-6-9(7-10)8(3)5-2/h4,6-7H,5H2,1-3H3/b6-4+,9-8+. The van der Waals surface area contributed by atoms with Crippen molar-refractivity contribution in [3.63, 3.8) is 0 Å². The molecule has 10 heavy (non-hydrogen) atoms. The molecule has 0 rings (SSSR count). The highest BCUT2D eigenvalue weighted by atomic mass is 16.1. The Bertz CT molecular complexity index is 164. The van der Waals surface area contributed by atoms with Crippen LogP contribution in [-0.2, 0) is 4.79 Å². The molecule has 0 atom stereocenters. The average molecular weight is 138 g/mol. The quantitative estimate of drug-likeness (QED) is 0.332. The minimum atomic E-state index is 0.810. The maximum Gasteiger partial charge on any atom is 0.149 e. The van der Waals surface area contributed by atoms with E-state index in [0.717, 1.165) is 23.9 Å². The van der Waals surface area contributed by atoms with Crippen LogP contribution in [0.2, 0.25) is 0 Å². The number of carbonyl (C=O) groups is 1. The first-order valence-electron chi connectivity index (χ1n) is 3.53. The van der Waals surface area contributed by atoms with Gasteiger partial charge in [-0.05, 0) is 20.3 Å². The van der Waals surface area contributed by atoms with Gasteiger partial charge in [-0.2, -0.15) is 0 Å². The Morgan fingerprint density at radius 1 is 1.50 bits per heavy atom. The third-order valence-corrected chi connectivity index (χ3v) is 1.50. The lowest BCUT2D eigenvalue weighted by molar-refractivity contribution is -0.104. The smallest absolute Gasteiger partial charge is 0.149 e. The van der Waals surface area contributed by atoms with Gasteiger partial charge >= 0.3 is 0 Å². The maximum atomic E-state index is 10.4. The summed E-state index contributed by atoms with van der Waals surface area (Å²) in [6.45, 7) is 5.93. The molecule has 1 nitrogen and oxygen atoms in total. The Kier molecular flexibility index (Phi) is 4.55. The number of allylic oxidation sites excluding steroid dienone is 4. The lowest BCUT2D eigenvalue weighted by Crippen LogP contribution is -1.84. The highest BCUT2D eigenvalue weighted by molar-refractivity contribution is 5.78. The summed E-state index contributed by atoms with van der Waals surface area (Å²) in [5, 5.41) is 0. The van der Waals surface area contributed by atoms with E-state index < -0.39 is 0 Å². The van der Waals surface area contributed by atoms with E-state index in [1.54, 1.807) is 0 Å². The Balaban J connectivity index is 4.44. The molecule has 0 aliphatic rings. The van der Waals surface area contributed by atoms with Gasteiger partial charge in [0.05, 0.1) is 0 Å². The minimum absolute atomic E-state index is 0.810. The van der Waals surface area contributed by atoms with Crippen LogP contribution in [0.5, 0.6) is 0 Å². The van der Waals surface area contributed by atoms with Gasteiger partial charge < -0.3 is 0 Å². The SMILES string of the molecule is C/C=C/C(C=O)=C(/C)CC. The van der Waals surface area contributed by atoms with Gasteiger partial charge in [0.2, 0.25) is 0 Å². The second-order valence-corrected chi connectivity index (χ2v) is 2.21. The van der Waals surface area contributed by atoms with Crippen LogP contribution >= 0.6 is 0 Å². The van der Waals surface area contributed by atoms with Gasteiger partial charge in [-0.3, -0.25) is 4.79 Å². The largest absolute Gasteiger partial charge is 0.298 e. The predicted octanol–water partition coefficient (Wildman–Crippen LogP) is 2.49. The van der Waals surface area contributed by atoms with E-state index in [1.807, 2.05) is 32.9 Å². The Morgan fingerprint density at radius 3 is 2.40 bits per heavy atom. The molecular weight excluding hydrogens is 124 g/mol. The summed E-state index contributed by atoms with van der Waals surface area (Å²) < 4.78 is 0. The molecule has 56 valence electrons. The van der Waals surface area contributed by atoms with Crippen molar-refractivity contribution in [2.24, 2.45) is 0 Å². The van der Waals surface area contributed by atoms with Gasteiger partial charge in [0, 0.05) is 5.57 Å². The summed E-state index contributed by atoms with van der Waals surface area (Å²) >= 11 is 0. The van der Waals surface area contributed by atoms with Gasteiger partial charge in [-0.1, -0.05) is 24.6 Å². The Hall–Kier alpha value is -0.850. The van der Waals surface area contributed by atoms with Crippen molar-refractivity contribution >= 4 is 6.29 Å². The molecule has 0 unspecified atom stereocenters. The van der Waals surface area contributed by atoms with Crippen molar-refractivity contribution in [3.8, 4) is 0 Å². The number of hydrogen-bond donors (Lipinski definition) is 0. The first-order chi connectivity index (χ1) is 4.76. The molecule has 0 aromatic carbocycles. The molecule has 0 aromatic rings. The third-order valence-electron chi connectivity index (χ3n) is 1.50. The fraction of sp³-hybridized carbons (Fsp3) is 0.444. The topological polar surface area (TPSA) is 17.1 Å². The van der Waals surface area contributed by atoms with Crippen LogP contribution in [0.3, 0.4) is 0 Å². The van der Waals surface area contributed by atoms with Gasteiger partial charge in [0.15, 0.2) is 0 Å². The summed E-state index contributed by atoms with van der Waals surface area (Å²) in [6.07, 6.45) is 5.56. The maximum absolute atomic E-state index is 10.4. The highest BCUT2D eigenvalue weighted by Crippen LogP contribution is 2.06. The molecular formula is C9H14O. The van der Waals surface area contributed by atoms with Crippen molar-refractivity contribution in [1.29, 1.82) is 0 Å². The monoisotopic (exact) mass is 138 g/mol. The van der Waals surface area contributed by atoms with E-state index in [-0.39, 0.29) is 0 Å². The Labute approximate surface area is 62.4 Å². The van der Waals surface area contributed by atoms with Crippen LogP contribution in [-0.4, -0.2) is 6.29 Å². The Morgan fingerprint density at radius 2 is 2.10 bits per heavy atom. The lowest BCUT2D eigenvalue weighted by atomic mass is 10.1. The molecule has 0 aliphatic carbocycles. The van der Waals surface area contributed by atoms with Gasteiger partial charge in [-0.15, -0.1) is 0 Å². The molecule has 0 aromatic heterocycles. The van der Waals surface area contributed by atoms with Crippen LogP contribution in [0.15, 0.2) is 23.3 Å². The van der Waals surface area contributed by atoms with Crippen LogP contribution in [0.25, 0.3) is 0 Å². The molecule has 0 fully saturated rings. The van der Waals surface area contributed by atoms with E-state index in [1.165, 1.54) is 0 Å². The second-order valence-electron chi connectivity index (χ2n) is 2.21. The molecule has 0 amide bonds. The molecule has 0 bridgehead atoms. The molecule has 0 saturated carbocycles. The number of rotatable bonds is 3. The molecule has 0 heterocycles. The second kappa shape index (κ2) is 4.98. The van der Waals surface area contributed by atoms with Crippen LogP contribution in [0, 0.1) is 0 Å². The van der Waals surface area contributed by atoms with Crippen LogP contribution in [0.4, 0.5) is 0 Å². The van der Waals surface area contributed by atoms with E-state index in [2.05, 4.69) is 0 Å². The zero-order valence-electron chi connectivity index (χ0n) is 6.85. The minimum Gasteiger partial charge on any atom is -0.298 e. The van der Waals surface area contributed by atoms with Crippen molar-refractivity contribution in [2.45, 2.75) is 27.2 Å². The van der Waals surface area contributed by atoms with Crippen LogP contribution < -0.4 is 0 Å². The molecule has 0 radical (unpaired) electrons. The zero-order chi connectivity index (χ0) is 7.98. The molecule has 1 heteroatoms. The number of aldehydes is 1. The molecule has 0 aliphatic heterocycles. The number of carbonyl (C=O) groups excluding carboxylic acids is 1. The normalized spacial score (nSPS) is 13.5. The molecule has 0 saturated heterocycles. The van der Waals surface area contributed by atoms with Crippen LogP contribution in [0.1, 0.15) is 27.2 Å². The highest BCUT2D eigenvalue weighted by Gasteiger charge is 1.92. The summed E-state index contributed by atoms with van der Waals surface area (Å²) in [4.78, 5) is 10.4. The fourth-order valence-corrected chi connectivity index (χ4v) is 0.666. The molecule has 0 N–H and O–H groups in total. The fourth-order valence-electron chi connectivity index (χ4n) is 0.666. The summed E-state index contributed by atoms with van der Waals surface area (Å²) in [5.41, 5.74) is 1.96. The first kappa shape index (κ1) is 9.15. The zero-order valence-corrected chi connectivity index (χ0v) is 6.85. The van der Waals surface area contributed by atoms with Gasteiger partial charge in [0.1, 0.15) is 6.29 Å². The average Bonchev–Trinajstić information content (AvgIpc) is 1.99. The van der Waals surface area contributed by atoms with Crippen molar-refractivity contribution in [1.82, 2.24) is 0 Å². The first-order valence-corrected chi connectivity index (χ1v) is 3.53. The van der Waals surface area contributed by atoms with E-state index in [0.29, 0.717) is 0 Å². The van der Waals surface area contributed by atoms with E-state index in [9.17, 15) is 4.79 Å². The van der Waals surface area contributed by atoms with E-state index in [4.69, 9.17) is 0 Å². The van der Waals surface area contributed by atoms with E-state index >= 15 is 0 Å².